The fraction of sp³-hybridized carbons (Fsp3) is 0.185. The number of nitrogens with one attached hydrogen (secondary N) is 3. The van der Waals surface area contributed by atoms with Crippen molar-refractivity contribution in [2.45, 2.75) is 25.4 Å². The highest BCUT2D eigenvalue weighted by Crippen LogP contribution is 2.34. The standard InChI is InChI=1S/C18H14N8O5.C9H10N2O2.ClH/c19-16-23-17-21-11(6-12(15(28)29)26(17)24-16)14(27)20-10-4-2-7-5-8(1-3-9(7)10)13-22-18(30)31-25-13;10-4-6-1-2-8-7(3-6)11-9(12)5-13-8;/h1,3,5-6,10H,2,4H2,(H2,19,24)(H,20,27)(H,28,29)(H,22,25,30);1-3H,4-5,10H2,(H,11,12);1H/t10-;;/m0../s1. The number of anilines is 2. The Labute approximate surface area is 258 Å². The third kappa shape index (κ3) is 6.29. The number of carboxylic acids is 1. The first-order chi connectivity index (χ1) is 21.2. The number of benzene rings is 2. The van der Waals surface area contributed by atoms with E-state index in [1.807, 2.05) is 30.3 Å². The number of fused-ring (bicyclic) bond motifs is 3. The van der Waals surface area contributed by atoms with Gasteiger partial charge in [0, 0.05) is 18.2 Å². The van der Waals surface area contributed by atoms with Crippen molar-refractivity contribution in [3.63, 3.8) is 0 Å². The Kier molecular flexibility index (Phi) is 8.46. The van der Waals surface area contributed by atoms with E-state index in [0.29, 0.717) is 42.2 Å². The number of rotatable bonds is 5. The topological polar surface area (TPSA) is 259 Å². The molecule has 0 unspecified atom stereocenters. The van der Waals surface area contributed by atoms with Gasteiger partial charge in [0.15, 0.2) is 18.1 Å². The molecule has 1 aliphatic heterocycles. The molecular formula is C27H25ClN10O7. The Bertz CT molecular complexity index is 2000. The molecule has 0 fully saturated rings. The minimum Gasteiger partial charge on any atom is -0.482 e. The van der Waals surface area contributed by atoms with Gasteiger partial charge in [0.2, 0.25) is 5.95 Å². The van der Waals surface area contributed by atoms with Crippen LogP contribution >= 0.6 is 12.4 Å². The van der Waals surface area contributed by atoms with Crippen LogP contribution in [0, 0.1) is 0 Å². The number of hydrogen-bond donors (Lipinski definition) is 6. The number of carboxylic acid groups (broad SMARTS) is 1. The lowest BCUT2D eigenvalue weighted by molar-refractivity contribution is -0.118. The van der Waals surface area contributed by atoms with E-state index in [1.54, 1.807) is 6.07 Å². The quantitative estimate of drug-likeness (QED) is 0.158. The summed E-state index contributed by atoms with van der Waals surface area (Å²) in [5.41, 5.74) is 14.9. The van der Waals surface area contributed by atoms with Crippen LogP contribution in [0.1, 0.15) is 50.1 Å². The molecular weight excluding hydrogens is 612 g/mol. The maximum Gasteiger partial charge on any atom is 0.439 e. The highest BCUT2D eigenvalue weighted by atomic mass is 35.5. The lowest BCUT2D eigenvalue weighted by atomic mass is 10.0. The molecule has 2 aromatic carbocycles. The van der Waals surface area contributed by atoms with E-state index in [4.69, 9.17) is 16.2 Å². The van der Waals surface area contributed by atoms with Gasteiger partial charge in [0.1, 0.15) is 11.4 Å². The highest BCUT2D eigenvalue weighted by Gasteiger charge is 2.27. The molecule has 4 heterocycles. The minimum atomic E-state index is -1.30. The molecule has 0 spiro atoms. The van der Waals surface area contributed by atoms with Gasteiger partial charge in [0.05, 0.1) is 11.7 Å². The van der Waals surface area contributed by atoms with Crippen molar-refractivity contribution in [1.29, 1.82) is 0 Å². The fourth-order valence-corrected chi connectivity index (χ4v) is 4.91. The Balaban J connectivity index is 0.000000240. The lowest BCUT2D eigenvalue weighted by Gasteiger charge is -2.18. The molecule has 3 aromatic heterocycles. The van der Waals surface area contributed by atoms with E-state index in [-0.39, 0.29) is 54.1 Å². The summed E-state index contributed by atoms with van der Waals surface area (Å²) >= 11 is 0. The van der Waals surface area contributed by atoms with Crippen molar-refractivity contribution < 1.29 is 28.8 Å². The Morgan fingerprint density at radius 3 is 2.69 bits per heavy atom. The van der Waals surface area contributed by atoms with Crippen LogP contribution in [-0.2, 0) is 17.8 Å². The summed E-state index contributed by atoms with van der Waals surface area (Å²) < 4.78 is 10.7. The molecule has 1 aliphatic carbocycles. The van der Waals surface area contributed by atoms with Gasteiger partial charge in [-0.3, -0.25) is 19.1 Å². The molecule has 0 radical (unpaired) electrons. The zero-order chi connectivity index (χ0) is 31.0. The molecule has 17 nitrogen and oxygen atoms in total. The molecule has 0 saturated carbocycles. The highest BCUT2D eigenvalue weighted by molar-refractivity contribution is 5.96. The number of H-pyrrole nitrogens is 1. The predicted molar refractivity (Wildman–Crippen MR) is 159 cm³/mol. The van der Waals surface area contributed by atoms with Crippen LogP contribution in [0.5, 0.6) is 5.75 Å². The van der Waals surface area contributed by atoms with Crippen molar-refractivity contribution in [2.24, 2.45) is 5.73 Å². The molecule has 232 valence electrons. The largest absolute Gasteiger partial charge is 0.482 e. The number of carbonyl (C=O) groups is 3. The maximum atomic E-state index is 12.8. The van der Waals surface area contributed by atoms with Crippen LogP contribution in [0.2, 0.25) is 0 Å². The molecule has 1 atom stereocenters. The Morgan fingerprint density at radius 2 is 1.96 bits per heavy atom. The molecule has 5 aromatic rings. The number of ether oxygens (including phenoxy) is 1. The number of nitrogen functional groups attached to an aromatic ring is 1. The summed E-state index contributed by atoms with van der Waals surface area (Å²) in [7, 11) is 0. The summed E-state index contributed by atoms with van der Waals surface area (Å²) in [5.74, 6) is -1.81. The third-order valence-corrected chi connectivity index (χ3v) is 6.93. The number of nitrogens with two attached hydrogens (primary N) is 2. The first-order valence-electron chi connectivity index (χ1n) is 13.2. The number of aryl methyl sites for hydroxylation is 1. The molecule has 18 heteroatoms. The molecule has 7 rings (SSSR count). The molecule has 0 bridgehead atoms. The number of hydrogen-bond acceptors (Lipinski definition) is 12. The van der Waals surface area contributed by atoms with Crippen LogP contribution in [0.4, 0.5) is 11.6 Å². The predicted octanol–water partition coefficient (Wildman–Crippen LogP) is 1.06. The zero-order valence-corrected chi connectivity index (χ0v) is 24.0. The maximum absolute atomic E-state index is 12.8. The first kappa shape index (κ1) is 30.6. The number of halogens is 1. The van der Waals surface area contributed by atoms with Crippen molar-refractivity contribution in [3.8, 4) is 17.1 Å². The summed E-state index contributed by atoms with van der Waals surface area (Å²) in [5, 5.41) is 22.5. The number of aromatic amines is 1. The van der Waals surface area contributed by atoms with Gasteiger partial charge >= 0.3 is 11.7 Å². The molecule has 2 amide bonds. The first-order valence-corrected chi connectivity index (χ1v) is 13.2. The van der Waals surface area contributed by atoms with Crippen molar-refractivity contribution in [2.75, 3.05) is 17.7 Å². The number of carbonyl (C=O) groups excluding carboxylic acids is 2. The summed E-state index contributed by atoms with van der Waals surface area (Å²) in [6, 6.07) is 11.8. The van der Waals surface area contributed by atoms with E-state index < -0.39 is 17.6 Å². The van der Waals surface area contributed by atoms with Crippen molar-refractivity contribution in [1.82, 2.24) is 35.0 Å². The van der Waals surface area contributed by atoms with Gasteiger partial charge in [-0.05, 0) is 47.7 Å². The van der Waals surface area contributed by atoms with Crippen LogP contribution in [0.25, 0.3) is 17.2 Å². The van der Waals surface area contributed by atoms with E-state index >= 15 is 0 Å². The van der Waals surface area contributed by atoms with E-state index in [0.717, 1.165) is 27.3 Å². The smallest absolute Gasteiger partial charge is 0.439 e. The van der Waals surface area contributed by atoms with Gasteiger partial charge in [-0.1, -0.05) is 23.4 Å². The van der Waals surface area contributed by atoms with Gasteiger partial charge in [-0.15, -0.1) is 17.5 Å². The number of nitrogens with zero attached hydrogens (tertiary/aromatic N) is 5. The minimum absolute atomic E-state index is 0. The summed E-state index contributed by atoms with van der Waals surface area (Å²) in [6.07, 6.45) is 1.34. The van der Waals surface area contributed by atoms with Crippen molar-refractivity contribution in [3.05, 3.63) is 81.1 Å². The van der Waals surface area contributed by atoms with Crippen molar-refractivity contribution >= 4 is 47.6 Å². The molecule has 45 heavy (non-hydrogen) atoms. The van der Waals surface area contributed by atoms with Gasteiger partial charge in [0.25, 0.3) is 17.6 Å². The Hall–Kier alpha value is -5.81. The van der Waals surface area contributed by atoms with Gasteiger partial charge in [-0.2, -0.15) is 9.50 Å². The molecule has 2 aliphatic rings. The number of amides is 2. The monoisotopic (exact) mass is 636 g/mol. The summed E-state index contributed by atoms with van der Waals surface area (Å²) in [6.45, 7) is 0.554. The van der Waals surface area contributed by atoms with Crippen LogP contribution in [0.3, 0.4) is 0 Å². The van der Waals surface area contributed by atoms with E-state index in [1.165, 1.54) is 0 Å². The van der Waals surface area contributed by atoms with Gasteiger partial charge in [-0.25, -0.2) is 14.6 Å². The SMILES string of the molecule is Cl.NCc1ccc2c(c1)NC(=O)CO2.Nc1nc2nc(C(=O)N[C@H]3CCc4cc(-c5noc(=O)[nH]5)ccc43)cc(C(=O)O)n2n1. The fourth-order valence-electron chi connectivity index (χ4n) is 4.91. The number of aromatic nitrogens is 6. The van der Waals surface area contributed by atoms with Gasteiger partial charge < -0.3 is 31.9 Å². The number of aromatic carboxylic acids is 1. The average molecular weight is 637 g/mol. The molecule has 8 N–H and O–H groups in total. The third-order valence-electron chi connectivity index (χ3n) is 6.93. The van der Waals surface area contributed by atoms with Crippen LogP contribution in [0.15, 0.2) is 51.8 Å². The second kappa shape index (κ2) is 12.4. The Morgan fingerprint density at radius 1 is 1.13 bits per heavy atom. The zero-order valence-electron chi connectivity index (χ0n) is 23.1. The van der Waals surface area contributed by atoms with E-state index in [9.17, 15) is 24.3 Å². The van der Waals surface area contributed by atoms with Crippen LogP contribution < -0.4 is 32.6 Å². The van der Waals surface area contributed by atoms with E-state index in [2.05, 4.69) is 40.4 Å². The second-order valence-electron chi connectivity index (χ2n) is 9.81. The average Bonchev–Trinajstić information content (AvgIpc) is 3.73. The normalized spacial score (nSPS) is 14.6. The summed E-state index contributed by atoms with van der Waals surface area (Å²) in [4.78, 5) is 56.9. The second-order valence-corrected chi connectivity index (χ2v) is 9.81. The van der Waals surface area contributed by atoms with Crippen LogP contribution in [-0.4, -0.2) is 59.2 Å². The molecule has 0 saturated heterocycles. The lowest BCUT2D eigenvalue weighted by Crippen LogP contribution is -2.28.